The summed E-state index contributed by atoms with van der Waals surface area (Å²) in [5, 5.41) is 3.12. The Kier molecular flexibility index (Phi) is 7.69. The molecule has 1 aliphatic heterocycles. The number of alkyl halides is 5. The van der Waals surface area contributed by atoms with E-state index in [2.05, 4.69) is 5.32 Å². The van der Waals surface area contributed by atoms with Crippen molar-refractivity contribution in [1.82, 2.24) is 10.2 Å². The van der Waals surface area contributed by atoms with E-state index in [1.54, 1.807) is 0 Å². The van der Waals surface area contributed by atoms with Crippen LogP contribution < -0.4 is 10.1 Å². The minimum Gasteiger partial charge on any atom is -0.496 e. The molecule has 0 bridgehead atoms. The molecule has 1 heterocycles. The number of halogens is 6. The van der Waals surface area contributed by atoms with Crippen LogP contribution in [0.3, 0.4) is 0 Å². The number of hydrogen-bond donors (Lipinski definition) is 1. The third-order valence-corrected chi connectivity index (χ3v) is 3.91. The molecule has 2 rings (SSSR count). The van der Waals surface area contributed by atoms with Crippen molar-refractivity contribution in [3.63, 3.8) is 0 Å². The minimum absolute atomic E-state index is 0. The van der Waals surface area contributed by atoms with Crippen LogP contribution in [0.4, 0.5) is 22.0 Å². The lowest BCUT2D eigenvalue weighted by atomic mass is 9.98. The summed E-state index contributed by atoms with van der Waals surface area (Å²) < 4.78 is 69.4. The lowest BCUT2D eigenvalue weighted by Gasteiger charge is -2.35. The van der Waals surface area contributed by atoms with Gasteiger partial charge in [-0.1, -0.05) is 6.07 Å². The van der Waals surface area contributed by atoms with Crippen molar-refractivity contribution < 1.29 is 26.7 Å². The van der Waals surface area contributed by atoms with Crippen LogP contribution in [0.1, 0.15) is 23.6 Å². The van der Waals surface area contributed by atoms with Crippen molar-refractivity contribution in [3.05, 3.63) is 29.3 Å². The lowest BCUT2D eigenvalue weighted by molar-refractivity contribution is -0.137. The van der Waals surface area contributed by atoms with Crippen LogP contribution >= 0.6 is 12.4 Å². The highest BCUT2D eigenvalue weighted by Crippen LogP contribution is 2.38. The number of methoxy groups -OCH3 is 1. The van der Waals surface area contributed by atoms with Crippen molar-refractivity contribution in [2.75, 3.05) is 33.3 Å². The van der Waals surface area contributed by atoms with Crippen molar-refractivity contribution >= 4 is 12.4 Å². The van der Waals surface area contributed by atoms with E-state index in [-0.39, 0.29) is 18.2 Å². The number of hydrogen-bond acceptors (Lipinski definition) is 3. The van der Waals surface area contributed by atoms with E-state index in [1.807, 2.05) is 4.90 Å². The van der Waals surface area contributed by atoms with Crippen molar-refractivity contribution in [3.8, 4) is 5.75 Å². The molecule has 1 fully saturated rings. The largest absolute Gasteiger partial charge is 0.496 e. The molecular weight excluding hydrogens is 355 g/mol. The zero-order valence-electron chi connectivity index (χ0n) is 13.1. The van der Waals surface area contributed by atoms with Gasteiger partial charge in [0.1, 0.15) is 5.75 Å². The monoisotopic (exact) mass is 374 g/mol. The van der Waals surface area contributed by atoms with Crippen molar-refractivity contribution in [1.29, 1.82) is 0 Å². The van der Waals surface area contributed by atoms with E-state index < -0.39 is 30.6 Å². The SMILES string of the molecule is COc1cc(C(F)(F)F)ccc1[C@H](CC(F)F)N1CCNCC1.Cl. The molecule has 9 heteroatoms. The van der Waals surface area contributed by atoms with Gasteiger partial charge >= 0.3 is 6.18 Å². The van der Waals surface area contributed by atoms with Gasteiger partial charge in [-0.2, -0.15) is 13.2 Å². The number of piperazine rings is 1. The first-order chi connectivity index (χ1) is 10.8. The maximum absolute atomic E-state index is 13.0. The second-order valence-electron chi connectivity index (χ2n) is 5.38. The standard InChI is InChI=1S/C15H19F5N2O.ClH/c1-23-13-8-10(15(18,19)20)2-3-11(13)12(9-14(16)17)22-6-4-21-5-7-22;/h2-3,8,12,14,21H,4-7,9H2,1H3;1H/t12-;/m0./s1. The predicted octanol–water partition coefficient (Wildman–Crippen LogP) is 3.74. The summed E-state index contributed by atoms with van der Waals surface area (Å²) in [7, 11) is 1.25. The molecule has 0 spiro atoms. The van der Waals surface area contributed by atoms with Crippen LogP contribution in [0.5, 0.6) is 5.75 Å². The van der Waals surface area contributed by atoms with Gasteiger partial charge in [0.05, 0.1) is 12.7 Å². The fourth-order valence-corrected chi connectivity index (χ4v) is 2.80. The van der Waals surface area contributed by atoms with Crippen LogP contribution in [-0.4, -0.2) is 44.6 Å². The average molecular weight is 375 g/mol. The predicted molar refractivity (Wildman–Crippen MR) is 83.0 cm³/mol. The molecule has 24 heavy (non-hydrogen) atoms. The Morgan fingerprint density at radius 2 is 1.83 bits per heavy atom. The fraction of sp³-hybridized carbons (Fsp3) is 0.600. The highest BCUT2D eigenvalue weighted by molar-refractivity contribution is 5.85. The zero-order valence-corrected chi connectivity index (χ0v) is 13.9. The summed E-state index contributed by atoms with van der Waals surface area (Å²) in [6.45, 7) is 2.43. The summed E-state index contributed by atoms with van der Waals surface area (Å²) in [5.41, 5.74) is -0.489. The van der Waals surface area contributed by atoms with E-state index in [4.69, 9.17) is 4.74 Å². The van der Waals surface area contributed by atoms with Crippen molar-refractivity contribution in [2.45, 2.75) is 25.1 Å². The highest BCUT2D eigenvalue weighted by Gasteiger charge is 2.33. The molecule has 0 saturated carbocycles. The van der Waals surface area contributed by atoms with Crippen LogP contribution in [-0.2, 0) is 6.18 Å². The van der Waals surface area contributed by atoms with E-state index in [0.717, 1.165) is 12.1 Å². The fourth-order valence-electron chi connectivity index (χ4n) is 2.80. The molecule has 0 unspecified atom stereocenters. The van der Waals surface area contributed by atoms with Gasteiger partial charge in [-0.3, -0.25) is 4.90 Å². The summed E-state index contributed by atoms with van der Waals surface area (Å²) in [6.07, 6.45) is -7.50. The molecule has 1 saturated heterocycles. The minimum atomic E-state index is -4.50. The van der Waals surface area contributed by atoms with Gasteiger partial charge < -0.3 is 10.1 Å². The second-order valence-corrected chi connectivity index (χ2v) is 5.38. The Morgan fingerprint density at radius 1 is 1.21 bits per heavy atom. The molecule has 1 aromatic carbocycles. The Hall–Kier alpha value is -1.12. The molecule has 3 nitrogen and oxygen atoms in total. The number of ether oxygens (including phenoxy) is 1. The first kappa shape index (κ1) is 20.9. The van der Waals surface area contributed by atoms with Gasteiger partial charge in [0.15, 0.2) is 0 Å². The van der Waals surface area contributed by atoms with E-state index in [9.17, 15) is 22.0 Å². The summed E-state index contributed by atoms with van der Waals surface area (Å²) >= 11 is 0. The van der Waals surface area contributed by atoms with Gasteiger partial charge in [0.2, 0.25) is 6.43 Å². The normalized spacial score (nSPS) is 17.5. The van der Waals surface area contributed by atoms with Crippen LogP contribution in [0.25, 0.3) is 0 Å². The maximum atomic E-state index is 13.0. The van der Waals surface area contributed by atoms with Crippen LogP contribution in [0.15, 0.2) is 18.2 Å². The zero-order chi connectivity index (χ0) is 17.0. The molecule has 1 aliphatic rings. The molecular formula is C15H20ClF5N2O. The summed E-state index contributed by atoms with van der Waals surface area (Å²) in [4.78, 5) is 1.85. The lowest BCUT2D eigenvalue weighted by Crippen LogP contribution is -2.45. The molecule has 1 N–H and O–H groups in total. The van der Waals surface area contributed by atoms with Gasteiger partial charge in [-0.05, 0) is 12.1 Å². The molecule has 0 aromatic heterocycles. The molecule has 138 valence electrons. The smallest absolute Gasteiger partial charge is 0.416 e. The first-order valence-corrected chi connectivity index (χ1v) is 7.31. The quantitative estimate of drug-likeness (QED) is 0.795. The van der Waals surface area contributed by atoms with E-state index >= 15 is 0 Å². The highest BCUT2D eigenvalue weighted by atomic mass is 35.5. The Bertz CT molecular complexity index is 521. The van der Waals surface area contributed by atoms with Crippen molar-refractivity contribution in [2.24, 2.45) is 0 Å². The number of benzene rings is 1. The summed E-state index contributed by atoms with van der Waals surface area (Å²) in [6, 6.07) is 2.36. The third-order valence-electron chi connectivity index (χ3n) is 3.91. The van der Waals surface area contributed by atoms with E-state index in [0.29, 0.717) is 31.7 Å². The van der Waals surface area contributed by atoms with Gasteiger partial charge in [0, 0.05) is 44.2 Å². The maximum Gasteiger partial charge on any atom is 0.416 e. The third kappa shape index (κ3) is 5.19. The molecule has 1 aromatic rings. The Morgan fingerprint density at radius 3 is 2.33 bits per heavy atom. The average Bonchev–Trinajstić information content (AvgIpc) is 2.52. The molecule has 0 aliphatic carbocycles. The Labute approximate surface area is 143 Å². The number of rotatable bonds is 5. The molecule has 0 amide bonds. The number of nitrogens with one attached hydrogen (secondary N) is 1. The van der Waals surface area contributed by atoms with Gasteiger partial charge in [0.25, 0.3) is 0 Å². The molecule has 0 radical (unpaired) electrons. The first-order valence-electron chi connectivity index (χ1n) is 7.31. The van der Waals surface area contributed by atoms with Gasteiger partial charge in [-0.15, -0.1) is 12.4 Å². The van der Waals surface area contributed by atoms with Crippen LogP contribution in [0, 0.1) is 0 Å². The Balaban J connectivity index is 0.00000288. The molecule has 1 atom stereocenters. The second kappa shape index (κ2) is 8.82. The van der Waals surface area contributed by atoms with Crippen LogP contribution in [0.2, 0.25) is 0 Å². The van der Waals surface area contributed by atoms with E-state index in [1.165, 1.54) is 13.2 Å². The summed E-state index contributed by atoms with van der Waals surface area (Å²) in [5.74, 6) is -0.0102. The number of nitrogens with zero attached hydrogens (tertiary/aromatic N) is 1. The van der Waals surface area contributed by atoms with Gasteiger partial charge in [-0.25, -0.2) is 8.78 Å². The topological polar surface area (TPSA) is 24.5 Å².